The van der Waals surface area contributed by atoms with Crippen molar-refractivity contribution in [1.82, 2.24) is 10.3 Å². The van der Waals surface area contributed by atoms with Crippen LogP contribution in [-0.2, 0) is 0 Å². The fraction of sp³-hybridized carbons (Fsp3) is 0.692. The number of thiazole rings is 1. The van der Waals surface area contributed by atoms with Gasteiger partial charge in [0.05, 0.1) is 22.2 Å². The lowest BCUT2D eigenvalue weighted by molar-refractivity contribution is 0.417. The van der Waals surface area contributed by atoms with E-state index in [-0.39, 0.29) is 5.41 Å². The van der Waals surface area contributed by atoms with Gasteiger partial charge in [-0.1, -0.05) is 0 Å². The van der Waals surface area contributed by atoms with Gasteiger partial charge in [0, 0.05) is 10.9 Å². The van der Waals surface area contributed by atoms with Crippen LogP contribution >= 0.6 is 11.3 Å². The van der Waals surface area contributed by atoms with Crippen molar-refractivity contribution in [2.45, 2.75) is 47.1 Å². The molecule has 0 aliphatic heterocycles. The predicted octanol–water partition coefficient (Wildman–Crippen LogP) is 3.35. The Bertz CT molecular complexity index is 415. The molecule has 0 amide bonds. The van der Waals surface area contributed by atoms with Crippen LogP contribution in [0.25, 0.3) is 0 Å². The number of nitriles is 1. The van der Waals surface area contributed by atoms with Gasteiger partial charge in [-0.3, -0.25) is 0 Å². The minimum atomic E-state index is -0.245. The molecule has 1 atom stereocenters. The van der Waals surface area contributed by atoms with Gasteiger partial charge < -0.3 is 5.32 Å². The Labute approximate surface area is 108 Å². The molecule has 1 aromatic rings. The van der Waals surface area contributed by atoms with Gasteiger partial charge in [0.25, 0.3) is 0 Å². The summed E-state index contributed by atoms with van der Waals surface area (Å²) in [5, 5.41) is 13.5. The maximum atomic E-state index is 8.94. The summed E-state index contributed by atoms with van der Waals surface area (Å²) in [7, 11) is 0. The monoisotopic (exact) mass is 251 g/mol. The number of rotatable bonds is 5. The first-order valence-electron chi connectivity index (χ1n) is 5.94. The minimum Gasteiger partial charge on any atom is -0.309 e. The molecule has 0 spiro atoms. The van der Waals surface area contributed by atoms with Crippen LogP contribution in [0.15, 0.2) is 0 Å². The number of nitrogens with one attached hydrogen (secondary N) is 1. The van der Waals surface area contributed by atoms with E-state index in [2.05, 4.69) is 30.2 Å². The molecule has 0 bridgehead atoms. The standard InChI is InChI=1S/C13H21N3S/c1-9(12-10(2)16-11(3)17-12)15-7-6-13(4,5)8-14/h9,15H,6-7H2,1-5H3. The lowest BCUT2D eigenvalue weighted by Gasteiger charge is -2.18. The van der Waals surface area contributed by atoms with Crippen molar-refractivity contribution in [2.75, 3.05) is 6.54 Å². The number of hydrogen-bond donors (Lipinski definition) is 1. The maximum absolute atomic E-state index is 8.94. The fourth-order valence-electron chi connectivity index (χ4n) is 1.70. The first kappa shape index (κ1) is 14.1. The zero-order valence-electron chi connectivity index (χ0n) is 11.3. The first-order chi connectivity index (χ1) is 7.85. The van der Waals surface area contributed by atoms with Gasteiger partial charge in [-0.25, -0.2) is 4.98 Å². The van der Waals surface area contributed by atoms with Crippen molar-refractivity contribution >= 4 is 11.3 Å². The number of aromatic nitrogens is 1. The highest BCUT2D eigenvalue weighted by Crippen LogP contribution is 2.25. The topological polar surface area (TPSA) is 48.7 Å². The predicted molar refractivity (Wildman–Crippen MR) is 72.0 cm³/mol. The average molecular weight is 251 g/mol. The van der Waals surface area contributed by atoms with Crippen molar-refractivity contribution < 1.29 is 0 Å². The van der Waals surface area contributed by atoms with Crippen LogP contribution in [0.3, 0.4) is 0 Å². The van der Waals surface area contributed by atoms with E-state index in [1.54, 1.807) is 11.3 Å². The van der Waals surface area contributed by atoms with E-state index >= 15 is 0 Å². The van der Waals surface area contributed by atoms with Crippen molar-refractivity contribution in [2.24, 2.45) is 5.41 Å². The summed E-state index contributed by atoms with van der Waals surface area (Å²) in [6.07, 6.45) is 0.866. The third-order valence-corrected chi connectivity index (χ3v) is 4.09. The molecule has 0 radical (unpaired) electrons. The first-order valence-corrected chi connectivity index (χ1v) is 6.76. The molecule has 4 heteroatoms. The summed E-state index contributed by atoms with van der Waals surface area (Å²) in [5.41, 5.74) is 0.873. The van der Waals surface area contributed by atoms with Crippen molar-refractivity contribution in [3.8, 4) is 6.07 Å². The van der Waals surface area contributed by atoms with Crippen LogP contribution in [0.1, 0.15) is 48.8 Å². The molecule has 1 rings (SSSR count). The van der Waals surface area contributed by atoms with Crippen LogP contribution in [0.5, 0.6) is 0 Å². The SMILES string of the molecule is Cc1nc(C)c(C(C)NCCC(C)(C)C#N)s1. The van der Waals surface area contributed by atoms with Gasteiger partial charge in [0.1, 0.15) is 0 Å². The summed E-state index contributed by atoms with van der Waals surface area (Å²) < 4.78 is 0. The zero-order chi connectivity index (χ0) is 13.1. The van der Waals surface area contributed by atoms with E-state index in [1.807, 2.05) is 20.8 Å². The Morgan fingerprint density at radius 3 is 2.59 bits per heavy atom. The smallest absolute Gasteiger partial charge is 0.0900 e. The molecular weight excluding hydrogens is 230 g/mol. The number of nitrogens with zero attached hydrogens (tertiary/aromatic N) is 2. The Morgan fingerprint density at radius 1 is 1.47 bits per heavy atom. The molecule has 1 N–H and O–H groups in total. The van der Waals surface area contributed by atoms with Gasteiger partial charge in [-0.2, -0.15) is 5.26 Å². The molecule has 0 aliphatic carbocycles. The molecule has 0 aliphatic rings. The third kappa shape index (κ3) is 4.10. The average Bonchev–Trinajstić information content (AvgIpc) is 2.57. The van der Waals surface area contributed by atoms with Crippen LogP contribution in [0.2, 0.25) is 0 Å². The highest BCUT2D eigenvalue weighted by atomic mass is 32.1. The van der Waals surface area contributed by atoms with Gasteiger partial charge in [-0.15, -0.1) is 11.3 Å². The van der Waals surface area contributed by atoms with E-state index in [0.29, 0.717) is 6.04 Å². The summed E-state index contributed by atoms with van der Waals surface area (Å²) in [6.45, 7) is 11.0. The van der Waals surface area contributed by atoms with Crippen molar-refractivity contribution in [3.05, 3.63) is 15.6 Å². The van der Waals surface area contributed by atoms with Gasteiger partial charge in [0.15, 0.2) is 0 Å². The summed E-state index contributed by atoms with van der Waals surface area (Å²) in [5.74, 6) is 0. The quantitative estimate of drug-likeness (QED) is 0.873. The minimum absolute atomic E-state index is 0.245. The Morgan fingerprint density at radius 2 is 2.12 bits per heavy atom. The van der Waals surface area contributed by atoms with Gasteiger partial charge in [-0.05, 0) is 47.6 Å². The van der Waals surface area contributed by atoms with Crippen LogP contribution in [0, 0.1) is 30.6 Å². The van der Waals surface area contributed by atoms with E-state index in [1.165, 1.54) is 4.88 Å². The maximum Gasteiger partial charge on any atom is 0.0900 e. The lowest BCUT2D eigenvalue weighted by atomic mass is 9.91. The molecule has 1 aromatic heterocycles. The van der Waals surface area contributed by atoms with Crippen molar-refractivity contribution in [1.29, 1.82) is 5.26 Å². The molecule has 1 unspecified atom stereocenters. The molecule has 0 fully saturated rings. The van der Waals surface area contributed by atoms with Crippen molar-refractivity contribution in [3.63, 3.8) is 0 Å². The fourth-order valence-corrected chi connectivity index (χ4v) is 2.65. The van der Waals surface area contributed by atoms with E-state index in [0.717, 1.165) is 23.7 Å². The molecule has 1 heterocycles. The molecule has 94 valence electrons. The Hall–Kier alpha value is -0.920. The Kier molecular flexibility index (Phi) is 4.67. The molecule has 17 heavy (non-hydrogen) atoms. The second kappa shape index (κ2) is 5.61. The van der Waals surface area contributed by atoms with Crippen LogP contribution in [-0.4, -0.2) is 11.5 Å². The van der Waals surface area contributed by atoms with E-state index in [9.17, 15) is 0 Å². The highest BCUT2D eigenvalue weighted by Gasteiger charge is 2.17. The number of aryl methyl sites for hydroxylation is 2. The van der Waals surface area contributed by atoms with Gasteiger partial charge >= 0.3 is 0 Å². The summed E-state index contributed by atoms with van der Waals surface area (Å²) >= 11 is 1.75. The lowest BCUT2D eigenvalue weighted by Crippen LogP contribution is -2.24. The normalized spacial score (nSPS) is 13.4. The molecule has 0 saturated heterocycles. The number of hydrogen-bond acceptors (Lipinski definition) is 4. The second-order valence-corrected chi connectivity index (χ2v) is 6.34. The summed E-state index contributed by atoms with van der Waals surface area (Å²) in [4.78, 5) is 5.73. The van der Waals surface area contributed by atoms with Crippen LogP contribution < -0.4 is 5.32 Å². The third-order valence-electron chi connectivity index (χ3n) is 2.84. The molecule has 0 aromatic carbocycles. The summed E-state index contributed by atoms with van der Waals surface area (Å²) in [6, 6.07) is 2.64. The van der Waals surface area contributed by atoms with E-state index in [4.69, 9.17) is 5.26 Å². The Balaban J connectivity index is 2.49. The zero-order valence-corrected chi connectivity index (χ0v) is 12.1. The molecule has 0 saturated carbocycles. The highest BCUT2D eigenvalue weighted by molar-refractivity contribution is 7.11. The molecular formula is C13H21N3S. The van der Waals surface area contributed by atoms with E-state index < -0.39 is 0 Å². The molecule has 3 nitrogen and oxygen atoms in total. The largest absolute Gasteiger partial charge is 0.309 e. The van der Waals surface area contributed by atoms with Gasteiger partial charge in [0.2, 0.25) is 0 Å². The second-order valence-electron chi connectivity index (χ2n) is 5.10. The van der Waals surface area contributed by atoms with Crippen LogP contribution in [0.4, 0.5) is 0 Å².